The largest absolute Gasteiger partial charge is 0.461 e. The molecule has 6 atom stereocenters. The molecule has 0 radical (unpaired) electrons. The number of rotatable bonds is 7. The summed E-state index contributed by atoms with van der Waals surface area (Å²) in [7, 11) is 0. The predicted octanol–water partition coefficient (Wildman–Crippen LogP) is -0.0894. The zero-order valence-corrected chi connectivity index (χ0v) is 16.4. The van der Waals surface area contributed by atoms with E-state index < -0.39 is 47.9 Å². The Labute approximate surface area is 162 Å². The van der Waals surface area contributed by atoms with Gasteiger partial charge in [0.2, 0.25) is 0 Å². The molecule has 0 saturated carbocycles. The van der Waals surface area contributed by atoms with Gasteiger partial charge in [-0.3, -0.25) is 0 Å². The van der Waals surface area contributed by atoms with Crippen LogP contribution < -0.4 is 0 Å². The molecule has 0 aromatic heterocycles. The van der Waals surface area contributed by atoms with Crippen molar-refractivity contribution in [2.45, 2.75) is 75.9 Å². The summed E-state index contributed by atoms with van der Waals surface area (Å²) in [6, 6.07) is 0. The van der Waals surface area contributed by atoms with Crippen LogP contribution in [0.1, 0.15) is 27.7 Å². The second kappa shape index (κ2) is 7.19. The lowest BCUT2D eigenvalue weighted by Gasteiger charge is -2.24. The quantitative estimate of drug-likeness (QED) is 0.423. The molecule has 0 aromatic carbocycles. The molecule has 4 rings (SSSR count). The highest BCUT2D eigenvalue weighted by Crippen LogP contribution is 2.39. The molecular weight excluding hydrogens is 376 g/mol. The summed E-state index contributed by atoms with van der Waals surface area (Å²) in [6.07, 6.45) is -4.10. The fourth-order valence-corrected chi connectivity index (χ4v) is 3.27. The zero-order valence-electron chi connectivity index (χ0n) is 16.4. The maximum atomic E-state index is 12.6. The third-order valence-corrected chi connectivity index (χ3v) is 4.67. The Kier molecular flexibility index (Phi) is 5.13. The van der Waals surface area contributed by atoms with Gasteiger partial charge in [-0.15, -0.1) is 0 Å². The summed E-state index contributed by atoms with van der Waals surface area (Å²) >= 11 is 0. The van der Waals surface area contributed by atoms with Crippen LogP contribution in [0.3, 0.4) is 0 Å². The highest BCUT2D eigenvalue weighted by atomic mass is 16.8. The topological polar surface area (TPSA) is 115 Å². The monoisotopic (exact) mass is 402 g/mol. The lowest BCUT2D eigenvalue weighted by atomic mass is 10.0. The number of esters is 2. The van der Waals surface area contributed by atoms with E-state index in [0.717, 1.165) is 0 Å². The molecule has 0 bridgehead atoms. The van der Waals surface area contributed by atoms with Gasteiger partial charge in [-0.05, 0) is 27.7 Å². The summed E-state index contributed by atoms with van der Waals surface area (Å²) in [5.74, 6) is -3.32. The Morgan fingerprint density at radius 2 is 1.11 bits per heavy atom. The molecule has 0 aromatic rings. The van der Waals surface area contributed by atoms with E-state index in [1.807, 2.05) is 0 Å². The van der Waals surface area contributed by atoms with Crippen molar-refractivity contribution >= 4 is 11.9 Å². The number of carbonyl (C=O) groups is 2. The molecule has 4 unspecified atom stereocenters. The average molecular weight is 402 g/mol. The lowest BCUT2D eigenvalue weighted by molar-refractivity contribution is -0.177. The molecular formula is C18H26O10. The Balaban J connectivity index is 1.48. The minimum Gasteiger partial charge on any atom is -0.461 e. The van der Waals surface area contributed by atoms with E-state index in [2.05, 4.69) is 0 Å². The molecule has 4 aliphatic heterocycles. The van der Waals surface area contributed by atoms with E-state index in [0.29, 0.717) is 13.2 Å². The molecule has 10 nitrogen and oxygen atoms in total. The number of hydrogen-bond donors (Lipinski definition) is 0. The first kappa shape index (κ1) is 20.0. The molecule has 158 valence electrons. The Morgan fingerprint density at radius 3 is 1.43 bits per heavy atom. The van der Waals surface area contributed by atoms with Crippen molar-refractivity contribution in [3.8, 4) is 0 Å². The molecule has 28 heavy (non-hydrogen) atoms. The standard InChI is InChI=1S/C18H26O10/c1-17(2)25-11(13(27-17)15(19)23-7-9-5-21-9)12-14(28-18(3,4)26-12)16(20)24-8-10-6-22-10/h9-14H,5-8H2,1-4H3/t9?,10?,11-,12?,13?,14-/m0/s1. The van der Waals surface area contributed by atoms with Crippen molar-refractivity contribution < 1.29 is 47.5 Å². The van der Waals surface area contributed by atoms with Gasteiger partial charge in [-0.25, -0.2) is 9.59 Å². The van der Waals surface area contributed by atoms with E-state index >= 15 is 0 Å². The van der Waals surface area contributed by atoms with Crippen LogP contribution in [0.2, 0.25) is 0 Å². The van der Waals surface area contributed by atoms with E-state index in [1.165, 1.54) is 0 Å². The van der Waals surface area contributed by atoms with Gasteiger partial charge in [0.05, 0.1) is 13.2 Å². The average Bonchev–Trinajstić information content (AvgIpc) is 3.52. The Morgan fingerprint density at radius 1 is 0.750 bits per heavy atom. The van der Waals surface area contributed by atoms with Gasteiger partial charge < -0.3 is 37.9 Å². The van der Waals surface area contributed by atoms with Crippen molar-refractivity contribution in [3.05, 3.63) is 0 Å². The van der Waals surface area contributed by atoms with Crippen LogP contribution in [0.5, 0.6) is 0 Å². The Hall–Kier alpha value is -1.30. The van der Waals surface area contributed by atoms with Gasteiger partial charge in [0.25, 0.3) is 0 Å². The molecule has 10 heteroatoms. The maximum Gasteiger partial charge on any atom is 0.338 e. The molecule has 0 aliphatic carbocycles. The second-order valence-electron chi connectivity index (χ2n) is 8.21. The number of ether oxygens (including phenoxy) is 8. The first-order valence-corrected chi connectivity index (χ1v) is 9.41. The SMILES string of the molecule is CC1(C)OC(C(=O)OCC2CO2)[C@H](C2OC(C)(C)O[C@@H]2C(=O)OCC2CO2)O1. The number of epoxide rings is 2. The van der Waals surface area contributed by atoms with Crippen LogP contribution in [0.4, 0.5) is 0 Å². The van der Waals surface area contributed by atoms with E-state index in [4.69, 9.17) is 37.9 Å². The molecule has 0 spiro atoms. The molecule has 4 fully saturated rings. The fraction of sp³-hybridized carbons (Fsp3) is 0.889. The predicted molar refractivity (Wildman–Crippen MR) is 89.0 cm³/mol. The van der Waals surface area contributed by atoms with E-state index in [-0.39, 0.29) is 25.4 Å². The van der Waals surface area contributed by atoms with Crippen molar-refractivity contribution in [2.24, 2.45) is 0 Å². The van der Waals surface area contributed by atoms with Gasteiger partial charge in [0.15, 0.2) is 23.8 Å². The van der Waals surface area contributed by atoms with Gasteiger partial charge >= 0.3 is 11.9 Å². The van der Waals surface area contributed by atoms with Crippen LogP contribution in [0, 0.1) is 0 Å². The van der Waals surface area contributed by atoms with Crippen molar-refractivity contribution in [3.63, 3.8) is 0 Å². The highest BCUT2D eigenvalue weighted by Gasteiger charge is 2.58. The van der Waals surface area contributed by atoms with Crippen LogP contribution in [0.15, 0.2) is 0 Å². The minimum absolute atomic E-state index is 0.0740. The maximum absolute atomic E-state index is 12.6. The third-order valence-electron chi connectivity index (χ3n) is 4.67. The summed E-state index contributed by atoms with van der Waals surface area (Å²) < 4.78 is 44.0. The molecule has 4 saturated heterocycles. The zero-order chi connectivity index (χ0) is 20.1. The lowest BCUT2D eigenvalue weighted by Crippen LogP contribution is -2.48. The van der Waals surface area contributed by atoms with Crippen molar-refractivity contribution in [1.82, 2.24) is 0 Å². The molecule has 4 aliphatic rings. The van der Waals surface area contributed by atoms with E-state index in [1.54, 1.807) is 27.7 Å². The number of carbonyl (C=O) groups excluding carboxylic acids is 2. The Bertz CT molecular complexity index is 570. The summed E-state index contributed by atoms with van der Waals surface area (Å²) in [5, 5.41) is 0. The van der Waals surface area contributed by atoms with Gasteiger partial charge in [0.1, 0.15) is 37.6 Å². The molecule has 4 heterocycles. The van der Waals surface area contributed by atoms with Crippen LogP contribution in [-0.4, -0.2) is 86.6 Å². The van der Waals surface area contributed by atoms with Crippen molar-refractivity contribution in [2.75, 3.05) is 26.4 Å². The fourth-order valence-electron chi connectivity index (χ4n) is 3.27. The summed E-state index contributed by atoms with van der Waals surface area (Å²) in [4.78, 5) is 25.2. The minimum atomic E-state index is -1.07. The first-order chi connectivity index (χ1) is 13.1. The summed E-state index contributed by atoms with van der Waals surface area (Å²) in [6.45, 7) is 8.13. The van der Waals surface area contributed by atoms with Crippen LogP contribution >= 0.6 is 0 Å². The summed E-state index contributed by atoms with van der Waals surface area (Å²) in [5.41, 5.74) is 0. The molecule has 0 amide bonds. The van der Waals surface area contributed by atoms with E-state index in [9.17, 15) is 9.59 Å². The number of hydrogen-bond acceptors (Lipinski definition) is 10. The smallest absolute Gasteiger partial charge is 0.338 e. The first-order valence-electron chi connectivity index (χ1n) is 9.41. The third kappa shape index (κ3) is 4.64. The van der Waals surface area contributed by atoms with Crippen LogP contribution in [-0.2, 0) is 47.5 Å². The van der Waals surface area contributed by atoms with Crippen LogP contribution in [0.25, 0.3) is 0 Å². The van der Waals surface area contributed by atoms with Gasteiger partial charge in [-0.1, -0.05) is 0 Å². The van der Waals surface area contributed by atoms with Crippen molar-refractivity contribution in [1.29, 1.82) is 0 Å². The molecule has 0 N–H and O–H groups in total. The van der Waals surface area contributed by atoms with Gasteiger partial charge in [0, 0.05) is 0 Å². The van der Waals surface area contributed by atoms with Gasteiger partial charge in [-0.2, -0.15) is 0 Å². The normalized spacial score (nSPS) is 40.1. The highest BCUT2D eigenvalue weighted by molar-refractivity contribution is 5.78. The second-order valence-corrected chi connectivity index (χ2v) is 8.21.